The Morgan fingerprint density at radius 3 is 2.71 bits per heavy atom. The molecule has 0 fully saturated rings. The van der Waals surface area contributed by atoms with E-state index in [0.717, 1.165) is 5.56 Å². The fourth-order valence-corrected chi connectivity index (χ4v) is 2.00. The summed E-state index contributed by atoms with van der Waals surface area (Å²) in [6.45, 7) is 6.25. The van der Waals surface area contributed by atoms with Crippen LogP contribution in [0.3, 0.4) is 0 Å². The van der Waals surface area contributed by atoms with Crippen molar-refractivity contribution in [2.24, 2.45) is 0 Å². The minimum atomic E-state index is -0.507. The number of rotatable bonds is 6. The number of hydrogen-bond donors (Lipinski definition) is 1. The number of halogens is 2. The number of amides is 1. The van der Waals surface area contributed by atoms with E-state index in [4.69, 9.17) is 9.47 Å². The van der Waals surface area contributed by atoms with Crippen LogP contribution < -0.4 is 10.1 Å². The van der Waals surface area contributed by atoms with Crippen LogP contribution in [0.4, 0.5) is 9.18 Å². The number of alkyl carbamates (subject to hydrolysis) is 1. The highest BCUT2D eigenvalue weighted by atomic mass is 79.9. The second-order valence-corrected chi connectivity index (χ2v) is 6.08. The number of alkyl halides is 1. The summed E-state index contributed by atoms with van der Waals surface area (Å²) in [4.78, 5) is 11.4. The molecular formula is C15H21BrFNO3. The van der Waals surface area contributed by atoms with E-state index in [-0.39, 0.29) is 5.82 Å². The third-order valence-electron chi connectivity index (χ3n) is 2.42. The summed E-state index contributed by atoms with van der Waals surface area (Å²) in [6, 6.07) is 4.43. The summed E-state index contributed by atoms with van der Waals surface area (Å²) < 4.78 is 23.8. The number of carbonyl (C=O) groups excluding carboxylic acids is 1. The Bertz CT molecular complexity index is 474. The molecular weight excluding hydrogens is 341 g/mol. The molecule has 1 amide bonds. The average Bonchev–Trinajstić information content (AvgIpc) is 2.36. The van der Waals surface area contributed by atoms with Crippen molar-refractivity contribution in [1.29, 1.82) is 0 Å². The van der Waals surface area contributed by atoms with Crippen LogP contribution in [-0.4, -0.2) is 24.8 Å². The normalized spacial score (nSPS) is 11.1. The van der Waals surface area contributed by atoms with Crippen LogP contribution in [0.5, 0.6) is 5.75 Å². The molecule has 0 saturated heterocycles. The molecule has 0 aliphatic carbocycles. The van der Waals surface area contributed by atoms with Crippen molar-refractivity contribution in [2.45, 2.75) is 38.1 Å². The van der Waals surface area contributed by atoms with Crippen LogP contribution in [0, 0.1) is 5.82 Å². The second-order valence-electron chi connectivity index (χ2n) is 5.52. The van der Waals surface area contributed by atoms with Crippen LogP contribution in [0.25, 0.3) is 0 Å². The monoisotopic (exact) mass is 361 g/mol. The van der Waals surface area contributed by atoms with Crippen LogP contribution >= 0.6 is 15.9 Å². The lowest BCUT2D eigenvalue weighted by molar-refractivity contribution is 0.0525. The van der Waals surface area contributed by atoms with Gasteiger partial charge in [0.2, 0.25) is 0 Å². The minimum Gasteiger partial charge on any atom is -0.493 e. The van der Waals surface area contributed by atoms with E-state index in [1.807, 2.05) is 0 Å². The molecule has 0 unspecified atom stereocenters. The van der Waals surface area contributed by atoms with Crippen molar-refractivity contribution in [3.05, 3.63) is 29.6 Å². The summed E-state index contributed by atoms with van der Waals surface area (Å²) in [5, 5.41) is 3.24. The van der Waals surface area contributed by atoms with Gasteiger partial charge in [0.05, 0.1) is 6.61 Å². The largest absolute Gasteiger partial charge is 0.493 e. The van der Waals surface area contributed by atoms with Gasteiger partial charge in [-0.15, -0.1) is 0 Å². The van der Waals surface area contributed by atoms with E-state index in [9.17, 15) is 9.18 Å². The zero-order chi connectivity index (χ0) is 15.9. The first kappa shape index (κ1) is 17.8. The maximum Gasteiger partial charge on any atom is 0.407 e. The van der Waals surface area contributed by atoms with Gasteiger partial charge in [0.25, 0.3) is 0 Å². The van der Waals surface area contributed by atoms with Crippen molar-refractivity contribution >= 4 is 22.0 Å². The number of hydrogen-bond acceptors (Lipinski definition) is 3. The lowest BCUT2D eigenvalue weighted by Crippen LogP contribution is -2.33. The first-order chi connectivity index (χ1) is 9.81. The van der Waals surface area contributed by atoms with Gasteiger partial charge in [-0.1, -0.05) is 22.0 Å². The molecule has 1 N–H and O–H groups in total. The quantitative estimate of drug-likeness (QED) is 0.614. The van der Waals surface area contributed by atoms with Crippen LogP contribution in [0.2, 0.25) is 0 Å². The lowest BCUT2D eigenvalue weighted by Gasteiger charge is -2.19. The van der Waals surface area contributed by atoms with Crippen LogP contribution in [0.1, 0.15) is 32.8 Å². The third-order valence-corrected chi connectivity index (χ3v) is 3.02. The summed E-state index contributed by atoms with van der Waals surface area (Å²) in [7, 11) is 0. The Morgan fingerprint density at radius 1 is 1.38 bits per heavy atom. The molecule has 0 atom stereocenters. The molecule has 0 aliphatic heterocycles. The zero-order valence-electron chi connectivity index (χ0n) is 12.5. The number of benzene rings is 1. The fourth-order valence-electron chi connectivity index (χ4n) is 1.53. The number of ether oxygens (including phenoxy) is 2. The van der Waals surface area contributed by atoms with Crippen molar-refractivity contribution in [2.75, 3.05) is 13.2 Å². The van der Waals surface area contributed by atoms with E-state index in [1.54, 1.807) is 26.8 Å². The Labute approximate surface area is 133 Å². The standard InChI is InChI=1S/C15H21BrFNO3/c1-15(2,3)21-14(19)18-7-4-8-20-13-9-12(17)6-5-11(13)10-16/h5-6,9H,4,7-8,10H2,1-3H3,(H,18,19). The highest BCUT2D eigenvalue weighted by Crippen LogP contribution is 2.22. The molecule has 1 rings (SSSR count). The van der Waals surface area contributed by atoms with Gasteiger partial charge in [-0.2, -0.15) is 0 Å². The summed E-state index contributed by atoms with van der Waals surface area (Å²) in [6.07, 6.45) is 0.159. The molecule has 0 spiro atoms. The molecule has 21 heavy (non-hydrogen) atoms. The van der Waals surface area contributed by atoms with Crippen molar-refractivity contribution in [3.63, 3.8) is 0 Å². The predicted octanol–water partition coefficient (Wildman–Crippen LogP) is 4.01. The van der Waals surface area contributed by atoms with Gasteiger partial charge in [-0.25, -0.2) is 9.18 Å². The minimum absolute atomic E-state index is 0.332. The van der Waals surface area contributed by atoms with E-state index < -0.39 is 11.7 Å². The third kappa shape index (κ3) is 7.32. The molecule has 0 heterocycles. The maximum absolute atomic E-state index is 13.2. The van der Waals surface area contributed by atoms with Gasteiger partial charge in [0.1, 0.15) is 17.2 Å². The van der Waals surface area contributed by atoms with Gasteiger partial charge < -0.3 is 14.8 Å². The Hall–Kier alpha value is -1.30. The van der Waals surface area contributed by atoms with E-state index in [2.05, 4.69) is 21.2 Å². The number of carbonyl (C=O) groups is 1. The molecule has 6 heteroatoms. The Morgan fingerprint density at radius 2 is 2.10 bits per heavy atom. The Kier molecular flexibility index (Phi) is 6.95. The summed E-state index contributed by atoms with van der Waals surface area (Å²) in [5.41, 5.74) is 0.379. The molecule has 0 bridgehead atoms. The molecule has 118 valence electrons. The van der Waals surface area contributed by atoms with E-state index in [1.165, 1.54) is 12.1 Å². The average molecular weight is 362 g/mol. The SMILES string of the molecule is CC(C)(C)OC(=O)NCCCOc1cc(F)ccc1CBr. The first-order valence-corrected chi connectivity index (χ1v) is 7.88. The van der Waals surface area contributed by atoms with Crippen molar-refractivity contribution in [3.8, 4) is 5.75 Å². The van der Waals surface area contributed by atoms with E-state index in [0.29, 0.717) is 30.7 Å². The molecule has 1 aromatic rings. The van der Waals surface area contributed by atoms with E-state index >= 15 is 0 Å². The van der Waals surface area contributed by atoms with Gasteiger partial charge in [0, 0.05) is 23.5 Å². The van der Waals surface area contributed by atoms with Crippen molar-refractivity contribution < 1.29 is 18.7 Å². The summed E-state index contributed by atoms with van der Waals surface area (Å²) in [5.74, 6) is 0.186. The second kappa shape index (κ2) is 8.22. The van der Waals surface area contributed by atoms with Crippen LogP contribution in [0.15, 0.2) is 18.2 Å². The maximum atomic E-state index is 13.2. The van der Waals surface area contributed by atoms with Gasteiger partial charge in [-0.05, 0) is 33.3 Å². The predicted molar refractivity (Wildman–Crippen MR) is 83.4 cm³/mol. The number of nitrogens with one attached hydrogen (secondary N) is 1. The van der Waals surface area contributed by atoms with Gasteiger partial charge >= 0.3 is 6.09 Å². The molecule has 1 aromatic carbocycles. The van der Waals surface area contributed by atoms with Crippen LogP contribution in [-0.2, 0) is 10.1 Å². The smallest absolute Gasteiger partial charge is 0.407 e. The van der Waals surface area contributed by atoms with Gasteiger partial charge in [-0.3, -0.25) is 0 Å². The van der Waals surface area contributed by atoms with Crippen molar-refractivity contribution in [1.82, 2.24) is 5.32 Å². The molecule has 4 nitrogen and oxygen atoms in total. The lowest BCUT2D eigenvalue weighted by atomic mass is 10.2. The summed E-state index contributed by atoms with van der Waals surface area (Å²) >= 11 is 3.33. The van der Waals surface area contributed by atoms with Gasteiger partial charge in [0.15, 0.2) is 0 Å². The molecule has 0 aliphatic rings. The zero-order valence-corrected chi connectivity index (χ0v) is 14.1. The highest BCUT2D eigenvalue weighted by Gasteiger charge is 2.15. The molecule has 0 aromatic heterocycles. The highest BCUT2D eigenvalue weighted by molar-refractivity contribution is 9.08. The Balaban J connectivity index is 2.29. The first-order valence-electron chi connectivity index (χ1n) is 6.76. The molecule has 0 saturated carbocycles. The topological polar surface area (TPSA) is 47.6 Å². The fraction of sp³-hybridized carbons (Fsp3) is 0.533. The molecule has 0 radical (unpaired) electrons.